The van der Waals surface area contributed by atoms with E-state index in [0.717, 1.165) is 33.9 Å². The highest BCUT2D eigenvalue weighted by Gasteiger charge is 2.33. The highest BCUT2D eigenvalue weighted by molar-refractivity contribution is 6.61. The van der Waals surface area contributed by atoms with E-state index in [1.807, 2.05) is 0 Å². The predicted octanol–water partition coefficient (Wildman–Crippen LogP) is 18.6. The van der Waals surface area contributed by atoms with Crippen LogP contribution < -0.4 is 0 Å². The van der Waals surface area contributed by atoms with Crippen molar-refractivity contribution in [1.82, 2.24) is 0 Å². The second-order valence-electron chi connectivity index (χ2n) is 21.0. The van der Waals surface area contributed by atoms with Crippen LogP contribution in [0.3, 0.4) is 0 Å². The number of rotatable bonds is 12. The summed E-state index contributed by atoms with van der Waals surface area (Å²) in [4.78, 5) is 12.4. The summed E-state index contributed by atoms with van der Waals surface area (Å²) in [6.45, 7) is 17.8. The molecule has 0 aromatic heterocycles. The van der Waals surface area contributed by atoms with E-state index in [2.05, 4.69) is 274 Å². The van der Waals surface area contributed by atoms with Crippen molar-refractivity contribution in [3.8, 4) is 0 Å². The average molecular weight is 957 g/mol. The standard InChI is InChI=1S/C72H64N2/c1-45-25-33-56(34-26-45)66(57-35-27-46(2)28-36-57)64-43-50(6)44-65(67(58-37-29-47(3)30-38-58)59-39-31-48(4)32-40-59)70(64)74-72-61-24-16-22-55-21-15-23-60(68(55)61)71(72)73-69-62(51(7)53-17-11-9-12-18-53)41-49(5)42-63(69)52(8)54-19-13-10-14-20-54/h9-44,51-52,66-67H,1-8H3. The molecule has 0 spiro atoms. The summed E-state index contributed by atoms with van der Waals surface area (Å²) >= 11 is 0. The minimum atomic E-state index is -0.125. The van der Waals surface area contributed by atoms with Gasteiger partial charge in [0.25, 0.3) is 0 Å². The van der Waals surface area contributed by atoms with Gasteiger partial charge in [-0.1, -0.05) is 266 Å². The Labute approximate surface area is 438 Å². The molecule has 2 heteroatoms. The van der Waals surface area contributed by atoms with Crippen molar-refractivity contribution in [2.75, 3.05) is 0 Å². The fraction of sp³-hybridized carbons (Fsp3) is 0.167. The van der Waals surface area contributed by atoms with Gasteiger partial charge in [-0.15, -0.1) is 0 Å². The lowest BCUT2D eigenvalue weighted by atomic mass is 9.78. The third kappa shape index (κ3) is 9.38. The van der Waals surface area contributed by atoms with Crippen LogP contribution in [0.1, 0.15) is 138 Å². The van der Waals surface area contributed by atoms with Crippen molar-refractivity contribution < 1.29 is 0 Å². The lowest BCUT2D eigenvalue weighted by molar-refractivity contribution is 0.883. The molecule has 362 valence electrons. The van der Waals surface area contributed by atoms with Crippen LogP contribution in [-0.2, 0) is 0 Å². The van der Waals surface area contributed by atoms with Gasteiger partial charge in [-0.2, -0.15) is 0 Å². The van der Waals surface area contributed by atoms with Gasteiger partial charge in [0.2, 0.25) is 0 Å². The van der Waals surface area contributed by atoms with E-state index in [1.165, 1.54) is 99.8 Å². The first kappa shape index (κ1) is 48.1. The van der Waals surface area contributed by atoms with Gasteiger partial charge < -0.3 is 0 Å². The zero-order chi connectivity index (χ0) is 51.0. The predicted molar refractivity (Wildman–Crippen MR) is 313 cm³/mol. The topological polar surface area (TPSA) is 24.7 Å². The minimum absolute atomic E-state index is 0.0713. The second kappa shape index (κ2) is 20.4. The molecule has 0 amide bonds. The molecule has 0 aliphatic heterocycles. The number of aryl methyl sites for hydroxylation is 6. The molecule has 1 aliphatic rings. The molecule has 10 aromatic carbocycles. The van der Waals surface area contributed by atoms with E-state index in [4.69, 9.17) is 9.98 Å². The molecule has 1 aliphatic carbocycles. The largest absolute Gasteiger partial charge is 0.245 e. The quantitative estimate of drug-likeness (QED) is 0.109. The van der Waals surface area contributed by atoms with Crippen molar-refractivity contribution in [3.63, 3.8) is 0 Å². The van der Waals surface area contributed by atoms with Gasteiger partial charge in [0.05, 0.1) is 22.8 Å². The lowest BCUT2D eigenvalue weighted by Gasteiger charge is -2.27. The molecule has 10 aromatic rings. The molecule has 74 heavy (non-hydrogen) atoms. The van der Waals surface area contributed by atoms with Gasteiger partial charge >= 0.3 is 0 Å². The van der Waals surface area contributed by atoms with E-state index in [0.29, 0.717) is 0 Å². The molecule has 2 atom stereocenters. The monoisotopic (exact) mass is 957 g/mol. The van der Waals surface area contributed by atoms with Crippen molar-refractivity contribution in [2.24, 2.45) is 9.98 Å². The van der Waals surface area contributed by atoms with E-state index in [1.54, 1.807) is 0 Å². The summed E-state index contributed by atoms with van der Waals surface area (Å²) in [5.74, 6) is -0.108. The zero-order valence-corrected chi connectivity index (χ0v) is 44.0. The Morgan fingerprint density at radius 3 is 0.932 bits per heavy atom. The Hall–Kier alpha value is -8.20. The maximum absolute atomic E-state index is 6.30. The Kier molecular flexibility index (Phi) is 13.2. The van der Waals surface area contributed by atoms with Crippen LogP contribution in [0.15, 0.2) is 228 Å². The fourth-order valence-corrected chi connectivity index (χ4v) is 11.5. The van der Waals surface area contributed by atoms with E-state index in [9.17, 15) is 0 Å². The third-order valence-corrected chi connectivity index (χ3v) is 15.5. The molecule has 0 fully saturated rings. The maximum atomic E-state index is 6.30. The van der Waals surface area contributed by atoms with Crippen molar-refractivity contribution in [3.05, 3.63) is 319 Å². The highest BCUT2D eigenvalue weighted by atomic mass is 14.9. The molecule has 0 radical (unpaired) electrons. The van der Waals surface area contributed by atoms with Gasteiger partial charge in [0, 0.05) is 40.2 Å². The number of hydrogen-bond donors (Lipinski definition) is 0. The van der Waals surface area contributed by atoms with Gasteiger partial charge in [0.15, 0.2) is 0 Å². The van der Waals surface area contributed by atoms with Gasteiger partial charge in [-0.05, 0) is 103 Å². The molecule has 0 bridgehead atoms. The molecule has 0 heterocycles. The number of aliphatic imine (C=N–C) groups is 2. The fourth-order valence-electron chi connectivity index (χ4n) is 11.5. The molecule has 0 N–H and O–H groups in total. The van der Waals surface area contributed by atoms with Crippen LogP contribution in [0.2, 0.25) is 0 Å². The molecule has 0 saturated carbocycles. The normalized spacial score (nSPS) is 14.1. The second-order valence-corrected chi connectivity index (χ2v) is 21.0. The number of hydrogen-bond acceptors (Lipinski definition) is 2. The molecular formula is C72H64N2. The van der Waals surface area contributed by atoms with Crippen molar-refractivity contribution in [1.29, 1.82) is 0 Å². The van der Waals surface area contributed by atoms with Crippen molar-refractivity contribution >= 4 is 33.6 Å². The Bertz CT molecular complexity index is 3430. The van der Waals surface area contributed by atoms with Crippen LogP contribution >= 0.6 is 0 Å². The summed E-state index contributed by atoms with van der Waals surface area (Å²) in [6, 6.07) is 81.3. The molecule has 0 saturated heterocycles. The Balaban J connectivity index is 1.27. The Morgan fingerprint density at radius 2 is 0.595 bits per heavy atom. The third-order valence-electron chi connectivity index (χ3n) is 15.5. The average Bonchev–Trinajstić information content (AvgIpc) is 3.72. The molecule has 2 unspecified atom stereocenters. The lowest BCUT2D eigenvalue weighted by Crippen LogP contribution is -2.14. The molecule has 11 rings (SSSR count). The SMILES string of the molecule is Cc1ccc(C(c2ccc(C)cc2)c2cc(C)cc(C(c3ccc(C)cc3)c3ccc(C)cc3)c2N=C2C(=Nc3c(C(C)c4ccccc4)cc(C)cc3C(C)c3ccccc3)c3cccc4cccc2c34)cc1. The summed E-state index contributed by atoms with van der Waals surface area (Å²) in [6.07, 6.45) is 0. The summed E-state index contributed by atoms with van der Waals surface area (Å²) in [5, 5.41) is 2.36. The van der Waals surface area contributed by atoms with Gasteiger partial charge in [-0.25, -0.2) is 9.98 Å². The zero-order valence-electron chi connectivity index (χ0n) is 44.0. The number of benzene rings is 10. The van der Waals surface area contributed by atoms with Crippen LogP contribution in [0.5, 0.6) is 0 Å². The van der Waals surface area contributed by atoms with Gasteiger partial charge in [-0.3, -0.25) is 0 Å². The van der Waals surface area contributed by atoms with Crippen LogP contribution in [0.4, 0.5) is 11.4 Å². The Morgan fingerprint density at radius 1 is 0.284 bits per heavy atom. The van der Waals surface area contributed by atoms with Gasteiger partial charge in [0.1, 0.15) is 0 Å². The van der Waals surface area contributed by atoms with E-state index >= 15 is 0 Å². The van der Waals surface area contributed by atoms with Crippen molar-refractivity contribution in [2.45, 2.75) is 79.1 Å². The van der Waals surface area contributed by atoms with Crippen LogP contribution in [-0.4, -0.2) is 11.4 Å². The minimum Gasteiger partial charge on any atom is -0.245 e. The van der Waals surface area contributed by atoms with E-state index < -0.39 is 0 Å². The first-order valence-corrected chi connectivity index (χ1v) is 26.3. The first-order valence-electron chi connectivity index (χ1n) is 26.3. The number of nitrogens with zero attached hydrogens (tertiary/aromatic N) is 2. The van der Waals surface area contributed by atoms with Crippen LogP contribution in [0, 0.1) is 41.5 Å². The molecular weight excluding hydrogens is 893 g/mol. The van der Waals surface area contributed by atoms with E-state index in [-0.39, 0.29) is 23.7 Å². The first-order chi connectivity index (χ1) is 36.0. The van der Waals surface area contributed by atoms with Crippen LogP contribution in [0.25, 0.3) is 10.8 Å². The maximum Gasteiger partial charge on any atom is 0.0979 e. The summed E-state index contributed by atoms with van der Waals surface area (Å²) in [7, 11) is 0. The molecule has 2 nitrogen and oxygen atoms in total. The summed E-state index contributed by atoms with van der Waals surface area (Å²) in [5.41, 5.74) is 25.5. The smallest absolute Gasteiger partial charge is 0.0979 e. The highest BCUT2D eigenvalue weighted by Crippen LogP contribution is 2.48. The summed E-state index contributed by atoms with van der Waals surface area (Å²) < 4.78 is 0.